The number of hydrogen-bond acceptors (Lipinski definition) is 6. The first-order valence-corrected chi connectivity index (χ1v) is 20.2. The number of aliphatic hydroxyl groups excluding tert-OH is 2. The van der Waals surface area contributed by atoms with Crippen LogP contribution in [0.3, 0.4) is 0 Å². The lowest BCUT2D eigenvalue weighted by atomic mass is 9.96. The molecule has 0 saturated carbocycles. The number of carbonyl (C=O) groups excluding carboxylic acids is 1. The Labute approximate surface area is 283 Å². The number of esters is 1. The minimum absolute atomic E-state index is 0.105. The van der Waals surface area contributed by atoms with Crippen molar-refractivity contribution in [3.05, 3.63) is 30.3 Å². The largest absolute Gasteiger partial charge is 0.461 e. The number of ether oxygens (including phenoxy) is 2. The molecule has 0 amide bonds. The highest BCUT2D eigenvalue weighted by Crippen LogP contribution is 2.39. The van der Waals surface area contributed by atoms with E-state index in [1.54, 1.807) is 0 Å². The van der Waals surface area contributed by atoms with Crippen molar-refractivity contribution in [2.24, 2.45) is 0 Å². The summed E-state index contributed by atoms with van der Waals surface area (Å²) in [6, 6.07) is 9.35. The monoisotopic (exact) mass is 662 g/mol. The molecule has 0 aliphatic carbocycles. The van der Waals surface area contributed by atoms with Gasteiger partial charge in [0.05, 0.1) is 35.2 Å². The van der Waals surface area contributed by atoms with Crippen molar-refractivity contribution in [1.29, 1.82) is 0 Å². The molecule has 7 atom stereocenters. The molecule has 2 N–H and O–H groups in total. The fraction of sp³-hybridized carbons (Fsp3) is 0.821. The third-order valence-corrected chi connectivity index (χ3v) is 12.2. The second-order valence-electron chi connectivity index (χ2n) is 14.3. The molecule has 1 aromatic carbocycles. The van der Waals surface area contributed by atoms with Gasteiger partial charge in [0.25, 0.3) is 0 Å². The van der Waals surface area contributed by atoms with Gasteiger partial charge in [-0.25, -0.2) is 0 Å². The SMILES string of the molecule is CCCCCCCCCC[C@@H](O)[C@H]1CC[C@@H]([C@@H](O)CCCCCCCCCCCCC2(S(=O)c3ccccc3)C[C@H](C)OC2=O)O1. The molecule has 0 bridgehead atoms. The van der Waals surface area contributed by atoms with Crippen LogP contribution in [0, 0.1) is 0 Å². The molecule has 3 rings (SSSR count). The zero-order valence-electron chi connectivity index (χ0n) is 29.2. The van der Waals surface area contributed by atoms with Crippen molar-refractivity contribution in [3.63, 3.8) is 0 Å². The van der Waals surface area contributed by atoms with Crippen molar-refractivity contribution >= 4 is 16.8 Å². The van der Waals surface area contributed by atoms with E-state index < -0.39 is 27.8 Å². The molecule has 2 heterocycles. The third-order valence-electron chi connectivity index (χ3n) is 10.2. The molecule has 0 radical (unpaired) electrons. The topological polar surface area (TPSA) is 93.1 Å². The van der Waals surface area contributed by atoms with E-state index in [2.05, 4.69) is 6.92 Å². The number of aliphatic hydroxyl groups is 2. The van der Waals surface area contributed by atoms with E-state index in [9.17, 15) is 19.2 Å². The first kappa shape index (κ1) is 39.2. The average molecular weight is 663 g/mol. The number of rotatable bonds is 26. The van der Waals surface area contributed by atoms with E-state index in [1.807, 2.05) is 37.3 Å². The Morgan fingerprint density at radius 3 is 1.65 bits per heavy atom. The third kappa shape index (κ3) is 13.3. The van der Waals surface area contributed by atoms with Crippen molar-refractivity contribution in [2.75, 3.05) is 0 Å². The van der Waals surface area contributed by atoms with Gasteiger partial charge in [-0.2, -0.15) is 0 Å². The Bertz CT molecular complexity index is 972. The van der Waals surface area contributed by atoms with E-state index >= 15 is 0 Å². The Morgan fingerprint density at radius 1 is 0.739 bits per heavy atom. The number of unbranched alkanes of at least 4 members (excludes halogenated alkanes) is 16. The second-order valence-corrected chi connectivity index (χ2v) is 16.0. The number of cyclic esters (lactones) is 1. The molecule has 0 aromatic heterocycles. The van der Waals surface area contributed by atoms with Crippen LogP contribution >= 0.6 is 0 Å². The summed E-state index contributed by atoms with van der Waals surface area (Å²) < 4.78 is 24.1. The van der Waals surface area contributed by atoms with Crippen LogP contribution in [0.15, 0.2) is 35.2 Å². The fourth-order valence-electron chi connectivity index (χ4n) is 7.39. The summed E-state index contributed by atoms with van der Waals surface area (Å²) in [6.45, 7) is 4.15. The lowest BCUT2D eigenvalue weighted by Gasteiger charge is -2.24. The summed E-state index contributed by atoms with van der Waals surface area (Å²) in [4.78, 5) is 13.5. The summed E-state index contributed by atoms with van der Waals surface area (Å²) in [7, 11) is -1.40. The van der Waals surface area contributed by atoms with Gasteiger partial charge in [-0.05, 0) is 51.2 Å². The van der Waals surface area contributed by atoms with Crippen LogP contribution < -0.4 is 0 Å². The highest BCUT2D eigenvalue weighted by atomic mass is 32.2. The van der Waals surface area contributed by atoms with E-state index in [1.165, 1.54) is 77.0 Å². The Morgan fingerprint density at radius 2 is 1.20 bits per heavy atom. The molecule has 7 heteroatoms. The number of hydrogen-bond donors (Lipinski definition) is 2. The highest BCUT2D eigenvalue weighted by Gasteiger charge is 2.52. The normalized spacial score (nSPS) is 25.0. The van der Waals surface area contributed by atoms with Gasteiger partial charge in [0, 0.05) is 11.3 Å². The zero-order chi connectivity index (χ0) is 33.0. The van der Waals surface area contributed by atoms with Gasteiger partial charge in [-0.3, -0.25) is 9.00 Å². The van der Waals surface area contributed by atoms with Crippen LogP contribution in [0.1, 0.15) is 168 Å². The van der Waals surface area contributed by atoms with Crippen LogP contribution in [-0.2, 0) is 25.1 Å². The predicted octanol–water partition coefficient (Wildman–Crippen LogP) is 9.35. The number of benzene rings is 1. The summed E-state index contributed by atoms with van der Waals surface area (Å²) in [6.07, 6.45) is 24.8. The van der Waals surface area contributed by atoms with E-state index in [0.29, 0.717) is 17.7 Å². The van der Waals surface area contributed by atoms with Crippen LogP contribution in [0.25, 0.3) is 0 Å². The van der Waals surface area contributed by atoms with Crippen molar-refractivity contribution < 1.29 is 28.7 Å². The van der Waals surface area contributed by atoms with Crippen LogP contribution in [-0.4, -0.2) is 55.7 Å². The maximum atomic E-state index is 13.4. The second kappa shape index (κ2) is 22.4. The summed E-state index contributed by atoms with van der Waals surface area (Å²) >= 11 is 0. The van der Waals surface area contributed by atoms with Crippen molar-refractivity contribution in [3.8, 4) is 0 Å². The fourth-order valence-corrected chi connectivity index (χ4v) is 9.16. The predicted molar refractivity (Wildman–Crippen MR) is 188 cm³/mol. The maximum absolute atomic E-state index is 13.4. The van der Waals surface area contributed by atoms with Gasteiger partial charge in [-0.1, -0.05) is 141 Å². The van der Waals surface area contributed by atoms with Gasteiger partial charge in [0.2, 0.25) is 0 Å². The quantitative estimate of drug-likeness (QED) is 0.0759. The minimum atomic E-state index is -1.40. The minimum Gasteiger partial charge on any atom is -0.461 e. The van der Waals surface area contributed by atoms with E-state index in [-0.39, 0.29) is 24.3 Å². The molecule has 1 aromatic rings. The zero-order valence-corrected chi connectivity index (χ0v) is 30.0. The molecular weight excluding hydrogens is 596 g/mol. The van der Waals surface area contributed by atoms with Gasteiger partial charge in [0.15, 0.2) is 4.75 Å². The van der Waals surface area contributed by atoms with Gasteiger partial charge in [0.1, 0.15) is 6.10 Å². The average Bonchev–Trinajstić information content (AvgIpc) is 3.67. The molecule has 2 unspecified atom stereocenters. The molecule has 2 saturated heterocycles. The molecule has 2 aliphatic rings. The van der Waals surface area contributed by atoms with Crippen LogP contribution in [0.5, 0.6) is 0 Å². The Hall–Kier alpha value is -1.28. The molecule has 46 heavy (non-hydrogen) atoms. The highest BCUT2D eigenvalue weighted by molar-refractivity contribution is 7.87. The molecule has 264 valence electrons. The van der Waals surface area contributed by atoms with E-state index in [4.69, 9.17) is 9.47 Å². The summed E-state index contributed by atoms with van der Waals surface area (Å²) in [5.74, 6) is -0.294. The van der Waals surface area contributed by atoms with E-state index in [0.717, 1.165) is 64.2 Å². The summed E-state index contributed by atoms with van der Waals surface area (Å²) in [5, 5.41) is 21.3. The standard InChI is InChI=1S/C39H66O6S/c1-3-4-5-6-7-12-15-21-26-34(40)36-28-29-37(45-36)35(41)27-22-16-13-10-8-9-11-14-17-23-30-39(31-32(2)44-38(39)42)46(43)33-24-19-18-20-25-33/h18-20,24-25,32,34-37,40-41H,3-17,21-23,26-31H2,1-2H3/t32-,34+,35-,36+,37-,39?,46?/m0/s1. The lowest BCUT2D eigenvalue weighted by Crippen LogP contribution is -2.39. The van der Waals surface area contributed by atoms with Gasteiger partial charge >= 0.3 is 5.97 Å². The maximum Gasteiger partial charge on any atom is 0.325 e. The number of carbonyl (C=O) groups is 1. The molecular formula is C39H66O6S. The van der Waals surface area contributed by atoms with Crippen molar-refractivity contribution in [1.82, 2.24) is 0 Å². The van der Waals surface area contributed by atoms with Gasteiger partial charge in [-0.15, -0.1) is 0 Å². The molecule has 2 aliphatic heterocycles. The van der Waals surface area contributed by atoms with Gasteiger partial charge < -0.3 is 19.7 Å². The first-order valence-electron chi connectivity index (χ1n) is 19.1. The van der Waals surface area contributed by atoms with Crippen LogP contribution in [0.2, 0.25) is 0 Å². The Balaban J connectivity index is 1.16. The molecule has 2 fully saturated rings. The molecule has 0 spiro atoms. The summed E-state index contributed by atoms with van der Waals surface area (Å²) in [5.41, 5.74) is 0. The smallest absolute Gasteiger partial charge is 0.325 e. The molecule has 6 nitrogen and oxygen atoms in total. The van der Waals surface area contributed by atoms with Crippen molar-refractivity contribution in [2.45, 2.75) is 208 Å². The Kier molecular flexibility index (Phi) is 19.0. The van der Waals surface area contributed by atoms with Crippen LogP contribution in [0.4, 0.5) is 0 Å². The first-order chi connectivity index (χ1) is 22.4. The lowest BCUT2D eigenvalue weighted by molar-refractivity contribution is -0.142.